The van der Waals surface area contributed by atoms with Crippen molar-refractivity contribution in [2.45, 2.75) is 35.8 Å². The normalized spacial score (nSPS) is 23.4. The second-order valence-corrected chi connectivity index (χ2v) is 8.61. The smallest absolute Gasteiger partial charge is 0.154 e. The predicted molar refractivity (Wildman–Crippen MR) is 85.1 cm³/mol. The van der Waals surface area contributed by atoms with Crippen molar-refractivity contribution in [2.24, 2.45) is 0 Å². The van der Waals surface area contributed by atoms with Gasteiger partial charge < -0.3 is 4.74 Å². The average Bonchev–Trinajstić information content (AvgIpc) is 2.44. The third-order valence-electron chi connectivity index (χ3n) is 3.85. The first-order valence-electron chi connectivity index (χ1n) is 6.98. The molecule has 5 heteroatoms. The summed E-state index contributed by atoms with van der Waals surface area (Å²) < 4.78 is 29.4. The van der Waals surface area contributed by atoms with Crippen LogP contribution in [-0.2, 0) is 21.0 Å². The Hall–Kier alpha value is -0.390. The van der Waals surface area contributed by atoms with Gasteiger partial charge in [-0.05, 0) is 30.4 Å². The molecule has 0 N–H and O–H groups in total. The van der Waals surface area contributed by atoms with Gasteiger partial charge in [-0.2, -0.15) is 0 Å². The van der Waals surface area contributed by atoms with Crippen LogP contribution in [0.3, 0.4) is 0 Å². The molecule has 1 fully saturated rings. The lowest BCUT2D eigenvalue weighted by molar-refractivity contribution is 0.202. The highest BCUT2D eigenvalue weighted by molar-refractivity contribution is 9.09. The molecule has 0 saturated carbocycles. The van der Waals surface area contributed by atoms with E-state index < -0.39 is 9.84 Å². The van der Waals surface area contributed by atoms with Crippen LogP contribution >= 0.6 is 15.9 Å². The number of hydrogen-bond acceptors (Lipinski definition) is 3. The van der Waals surface area contributed by atoms with E-state index in [1.54, 1.807) is 7.11 Å². The van der Waals surface area contributed by atoms with Crippen LogP contribution < -0.4 is 0 Å². The standard InChI is InChI=1S/C15H21BrO3S/c1-19-10-9-12-5-7-13(8-6-12)15(16)14-4-2-3-11-20(14,17)18/h5-8,14-15H,2-4,9-11H2,1H3. The molecule has 0 aliphatic carbocycles. The van der Waals surface area contributed by atoms with Gasteiger partial charge in [0.05, 0.1) is 22.4 Å². The highest BCUT2D eigenvalue weighted by Crippen LogP contribution is 2.36. The van der Waals surface area contributed by atoms with E-state index >= 15 is 0 Å². The summed E-state index contributed by atoms with van der Waals surface area (Å²) in [5, 5.41) is -0.291. The van der Waals surface area contributed by atoms with Gasteiger partial charge in [-0.1, -0.05) is 46.6 Å². The van der Waals surface area contributed by atoms with E-state index in [0.717, 1.165) is 31.2 Å². The van der Waals surface area contributed by atoms with Gasteiger partial charge >= 0.3 is 0 Å². The minimum atomic E-state index is -2.96. The molecule has 1 aromatic rings. The number of hydrogen-bond donors (Lipinski definition) is 0. The van der Waals surface area contributed by atoms with E-state index in [9.17, 15) is 8.42 Å². The number of rotatable bonds is 5. The summed E-state index contributed by atoms with van der Waals surface area (Å²) in [6, 6.07) is 8.15. The van der Waals surface area contributed by atoms with Crippen LogP contribution in [0.1, 0.15) is 35.2 Å². The Morgan fingerprint density at radius 2 is 2.00 bits per heavy atom. The molecule has 1 heterocycles. The first kappa shape index (κ1) is 16.0. The second kappa shape index (κ2) is 7.05. The van der Waals surface area contributed by atoms with Crippen LogP contribution in [0.25, 0.3) is 0 Å². The average molecular weight is 361 g/mol. The zero-order valence-corrected chi connectivity index (χ0v) is 14.1. The maximum atomic E-state index is 12.2. The van der Waals surface area contributed by atoms with Gasteiger partial charge in [0, 0.05) is 7.11 Å². The third-order valence-corrected chi connectivity index (χ3v) is 7.65. The van der Waals surface area contributed by atoms with Crippen molar-refractivity contribution >= 4 is 25.8 Å². The second-order valence-electron chi connectivity index (χ2n) is 5.29. The van der Waals surface area contributed by atoms with E-state index in [2.05, 4.69) is 28.1 Å². The van der Waals surface area contributed by atoms with Crippen molar-refractivity contribution in [3.05, 3.63) is 35.4 Å². The van der Waals surface area contributed by atoms with Crippen molar-refractivity contribution in [2.75, 3.05) is 19.5 Å². The Labute approximate surface area is 129 Å². The van der Waals surface area contributed by atoms with Gasteiger partial charge in [-0.3, -0.25) is 0 Å². The lowest BCUT2D eigenvalue weighted by Crippen LogP contribution is -2.31. The number of benzene rings is 1. The molecule has 0 bridgehead atoms. The third kappa shape index (κ3) is 3.83. The fourth-order valence-electron chi connectivity index (χ4n) is 2.61. The predicted octanol–water partition coefficient (Wildman–Crippen LogP) is 3.28. The number of sulfone groups is 1. The molecule has 0 amide bonds. The molecule has 0 radical (unpaired) electrons. The maximum absolute atomic E-state index is 12.2. The van der Waals surface area contributed by atoms with E-state index in [-0.39, 0.29) is 10.1 Å². The van der Waals surface area contributed by atoms with Crippen molar-refractivity contribution in [1.29, 1.82) is 0 Å². The number of alkyl halides is 1. The van der Waals surface area contributed by atoms with Gasteiger partial charge in [-0.25, -0.2) is 8.42 Å². The van der Waals surface area contributed by atoms with Crippen molar-refractivity contribution in [3.8, 4) is 0 Å². The summed E-state index contributed by atoms with van der Waals surface area (Å²) in [5.41, 5.74) is 2.25. The quantitative estimate of drug-likeness (QED) is 0.756. The van der Waals surface area contributed by atoms with Crippen molar-refractivity contribution in [3.63, 3.8) is 0 Å². The van der Waals surface area contributed by atoms with Gasteiger partial charge in [0.2, 0.25) is 0 Å². The first-order chi connectivity index (χ1) is 9.54. The van der Waals surface area contributed by atoms with Crippen LogP contribution in [0.4, 0.5) is 0 Å². The van der Waals surface area contributed by atoms with E-state index in [1.165, 1.54) is 5.56 Å². The SMILES string of the molecule is COCCc1ccc(C(Br)C2CCCCS2(=O)=O)cc1. The van der Waals surface area contributed by atoms with Gasteiger partial charge in [0.25, 0.3) is 0 Å². The van der Waals surface area contributed by atoms with E-state index in [1.807, 2.05) is 12.1 Å². The molecular formula is C15H21BrO3S. The van der Waals surface area contributed by atoms with Gasteiger partial charge in [-0.15, -0.1) is 0 Å². The fourth-order valence-corrected chi connectivity index (χ4v) is 6.12. The minimum absolute atomic E-state index is 0.107. The highest BCUT2D eigenvalue weighted by atomic mass is 79.9. The fraction of sp³-hybridized carbons (Fsp3) is 0.600. The largest absolute Gasteiger partial charge is 0.384 e. The summed E-state index contributed by atoms with van der Waals surface area (Å²) in [6.45, 7) is 0.702. The zero-order chi connectivity index (χ0) is 14.6. The zero-order valence-electron chi connectivity index (χ0n) is 11.7. The highest BCUT2D eigenvalue weighted by Gasteiger charge is 2.34. The Morgan fingerprint density at radius 3 is 2.60 bits per heavy atom. The molecule has 1 saturated heterocycles. The summed E-state index contributed by atoms with van der Waals surface area (Å²) >= 11 is 3.60. The van der Waals surface area contributed by atoms with Crippen LogP contribution in [0, 0.1) is 0 Å². The molecule has 3 nitrogen and oxygen atoms in total. The Kier molecular flexibility index (Phi) is 5.64. The van der Waals surface area contributed by atoms with Crippen LogP contribution in [0.2, 0.25) is 0 Å². The van der Waals surface area contributed by atoms with Crippen LogP contribution in [0.5, 0.6) is 0 Å². The van der Waals surface area contributed by atoms with E-state index in [0.29, 0.717) is 12.4 Å². The number of methoxy groups -OCH3 is 1. The summed E-state index contributed by atoms with van der Waals surface area (Å²) in [7, 11) is -1.27. The number of halogens is 1. The lowest BCUT2D eigenvalue weighted by atomic mass is 10.0. The monoisotopic (exact) mass is 360 g/mol. The van der Waals surface area contributed by atoms with Gasteiger partial charge in [0.15, 0.2) is 9.84 Å². The summed E-state index contributed by atoms with van der Waals surface area (Å²) in [5.74, 6) is 0.325. The summed E-state index contributed by atoms with van der Waals surface area (Å²) in [4.78, 5) is -0.107. The molecule has 112 valence electrons. The molecule has 1 aliphatic rings. The lowest BCUT2D eigenvalue weighted by Gasteiger charge is -2.26. The number of ether oxygens (including phenoxy) is 1. The Bertz CT molecular complexity index is 525. The van der Waals surface area contributed by atoms with Gasteiger partial charge in [0.1, 0.15) is 0 Å². The Morgan fingerprint density at radius 1 is 1.30 bits per heavy atom. The molecule has 2 unspecified atom stereocenters. The molecule has 2 rings (SSSR count). The molecule has 0 spiro atoms. The minimum Gasteiger partial charge on any atom is -0.384 e. The van der Waals surface area contributed by atoms with Crippen molar-refractivity contribution in [1.82, 2.24) is 0 Å². The van der Waals surface area contributed by atoms with Crippen LogP contribution in [0.15, 0.2) is 24.3 Å². The van der Waals surface area contributed by atoms with Crippen molar-refractivity contribution < 1.29 is 13.2 Å². The molecule has 20 heavy (non-hydrogen) atoms. The molecule has 2 atom stereocenters. The molecule has 1 aromatic carbocycles. The molecule has 0 aromatic heterocycles. The maximum Gasteiger partial charge on any atom is 0.154 e. The van der Waals surface area contributed by atoms with E-state index in [4.69, 9.17) is 4.74 Å². The molecule has 1 aliphatic heterocycles. The first-order valence-corrected chi connectivity index (χ1v) is 9.61. The Balaban J connectivity index is 2.10. The summed E-state index contributed by atoms with van der Waals surface area (Å²) in [6.07, 6.45) is 3.43. The van der Waals surface area contributed by atoms with Crippen LogP contribution in [-0.4, -0.2) is 33.1 Å². The topological polar surface area (TPSA) is 43.4 Å². The molecular weight excluding hydrogens is 340 g/mol.